The zero-order chi connectivity index (χ0) is 17.0. The molecule has 5 heteroatoms. The summed E-state index contributed by atoms with van der Waals surface area (Å²) in [6.45, 7) is 8.11. The van der Waals surface area contributed by atoms with E-state index in [1.54, 1.807) is 6.07 Å². The Hall–Kier alpha value is -1.85. The van der Waals surface area contributed by atoms with Crippen molar-refractivity contribution in [1.29, 1.82) is 0 Å². The predicted octanol–water partition coefficient (Wildman–Crippen LogP) is 3.74. The molecule has 0 aliphatic heterocycles. The van der Waals surface area contributed by atoms with Gasteiger partial charge in [-0.05, 0) is 57.0 Å². The molecule has 2 aromatic rings. The van der Waals surface area contributed by atoms with Crippen LogP contribution in [0.3, 0.4) is 0 Å². The van der Waals surface area contributed by atoms with Crippen LogP contribution in [0.5, 0.6) is 5.75 Å². The van der Waals surface area contributed by atoms with E-state index in [0.717, 1.165) is 22.4 Å². The van der Waals surface area contributed by atoms with Gasteiger partial charge >= 0.3 is 0 Å². The molecular formula is C18H23NO3S. The minimum absolute atomic E-state index is 0.320. The van der Waals surface area contributed by atoms with Gasteiger partial charge in [0.1, 0.15) is 5.75 Å². The Balaban J connectivity index is 2.19. The van der Waals surface area contributed by atoms with Crippen LogP contribution in [0.4, 0.5) is 0 Å². The highest BCUT2D eigenvalue weighted by Crippen LogP contribution is 2.22. The van der Waals surface area contributed by atoms with Crippen molar-refractivity contribution in [3.8, 4) is 5.75 Å². The zero-order valence-corrected chi connectivity index (χ0v) is 14.8. The lowest BCUT2D eigenvalue weighted by atomic mass is 10.1. The second-order valence-electron chi connectivity index (χ2n) is 5.61. The largest absolute Gasteiger partial charge is 0.494 e. The Bertz CT molecular complexity index is 767. The Labute approximate surface area is 138 Å². The summed E-state index contributed by atoms with van der Waals surface area (Å²) in [5, 5.41) is 0. The van der Waals surface area contributed by atoms with Gasteiger partial charge in [-0.1, -0.05) is 29.8 Å². The fourth-order valence-corrected chi connectivity index (χ4v) is 3.94. The fraction of sp³-hybridized carbons (Fsp3) is 0.333. The summed E-state index contributed by atoms with van der Waals surface area (Å²) in [5.41, 5.74) is 2.68. The standard InChI is InChI=1S/C18H23NO3S/c1-5-22-17-9-7-16(8-10-17)15(4)19-23(20,21)18-11-6-13(2)12-14(18)3/h6-12,15,19H,5H2,1-4H3. The lowest BCUT2D eigenvalue weighted by Gasteiger charge is -2.16. The first-order valence-corrected chi connectivity index (χ1v) is 9.14. The summed E-state index contributed by atoms with van der Waals surface area (Å²) in [4.78, 5) is 0.320. The molecule has 0 bridgehead atoms. The van der Waals surface area contributed by atoms with E-state index in [-0.39, 0.29) is 6.04 Å². The smallest absolute Gasteiger partial charge is 0.241 e. The molecule has 23 heavy (non-hydrogen) atoms. The molecule has 0 saturated heterocycles. The molecule has 0 amide bonds. The molecule has 1 N–H and O–H groups in total. The minimum atomic E-state index is -3.56. The molecule has 0 spiro atoms. The average Bonchev–Trinajstić information content (AvgIpc) is 2.47. The van der Waals surface area contributed by atoms with E-state index in [9.17, 15) is 8.42 Å². The number of benzene rings is 2. The fourth-order valence-electron chi connectivity index (χ4n) is 2.48. The highest BCUT2D eigenvalue weighted by atomic mass is 32.2. The number of aryl methyl sites for hydroxylation is 2. The number of ether oxygens (including phenoxy) is 1. The van der Waals surface area contributed by atoms with Crippen molar-refractivity contribution in [3.05, 3.63) is 59.2 Å². The monoisotopic (exact) mass is 333 g/mol. The van der Waals surface area contributed by atoms with E-state index < -0.39 is 10.0 Å². The molecule has 124 valence electrons. The van der Waals surface area contributed by atoms with Gasteiger partial charge in [-0.25, -0.2) is 13.1 Å². The van der Waals surface area contributed by atoms with E-state index in [2.05, 4.69) is 4.72 Å². The molecule has 0 heterocycles. The molecule has 4 nitrogen and oxygen atoms in total. The van der Waals surface area contributed by atoms with Crippen molar-refractivity contribution < 1.29 is 13.2 Å². The number of nitrogens with one attached hydrogen (secondary N) is 1. The van der Waals surface area contributed by atoms with Crippen LogP contribution in [-0.4, -0.2) is 15.0 Å². The quantitative estimate of drug-likeness (QED) is 0.876. The first-order valence-electron chi connectivity index (χ1n) is 7.66. The topological polar surface area (TPSA) is 55.4 Å². The predicted molar refractivity (Wildman–Crippen MR) is 92.3 cm³/mol. The Morgan fingerprint density at radius 2 is 1.74 bits per heavy atom. The number of hydrogen-bond acceptors (Lipinski definition) is 3. The van der Waals surface area contributed by atoms with Crippen LogP contribution < -0.4 is 9.46 Å². The molecule has 0 fully saturated rings. The number of rotatable bonds is 6. The molecular weight excluding hydrogens is 310 g/mol. The normalized spacial score (nSPS) is 12.9. The van der Waals surface area contributed by atoms with Crippen molar-refractivity contribution >= 4 is 10.0 Å². The van der Waals surface area contributed by atoms with Crippen LogP contribution in [0, 0.1) is 13.8 Å². The highest BCUT2D eigenvalue weighted by Gasteiger charge is 2.20. The lowest BCUT2D eigenvalue weighted by Crippen LogP contribution is -2.27. The van der Waals surface area contributed by atoms with Crippen molar-refractivity contribution in [1.82, 2.24) is 4.72 Å². The first kappa shape index (κ1) is 17.5. The van der Waals surface area contributed by atoms with Crippen molar-refractivity contribution in [3.63, 3.8) is 0 Å². The molecule has 0 aliphatic rings. The van der Waals surface area contributed by atoms with E-state index in [1.807, 2.05) is 64.1 Å². The molecule has 0 aromatic heterocycles. The summed E-state index contributed by atoms with van der Waals surface area (Å²) >= 11 is 0. The molecule has 1 atom stereocenters. The van der Waals surface area contributed by atoms with Crippen molar-refractivity contribution in [2.75, 3.05) is 6.61 Å². The molecule has 2 rings (SSSR count). The maximum Gasteiger partial charge on any atom is 0.241 e. The van der Waals surface area contributed by atoms with E-state index in [4.69, 9.17) is 4.74 Å². The SMILES string of the molecule is CCOc1ccc(C(C)NS(=O)(=O)c2ccc(C)cc2C)cc1. The van der Waals surface area contributed by atoms with Gasteiger partial charge in [0, 0.05) is 6.04 Å². The van der Waals surface area contributed by atoms with Crippen LogP contribution in [0.25, 0.3) is 0 Å². The van der Waals surface area contributed by atoms with Crippen LogP contribution in [0.15, 0.2) is 47.4 Å². The zero-order valence-electron chi connectivity index (χ0n) is 14.0. The van der Waals surface area contributed by atoms with Crippen molar-refractivity contribution in [2.45, 2.75) is 38.6 Å². The Kier molecular flexibility index (Phi) is 5.44. The van der Waals surface area contributed by atoms with Gasteiger partial charge < -0.3 is 4.74 Å². The van der Waals surface area contributed by atoms with Gasteiger partial charge in [0.2, 0.25) is 10.0 Å². The molecule has 2 aromatic carbocycles. The third-order valence-electron chi connectivity index (χ3n) is 3.64. The summed E-state index contributed by atoms with van der Waals surface area (Å²) in [7, 11) is -3.56. The van der Waals surface area contributed by atoms with Gasteiger partial charge in [0.25, 0.3) is 0 Å². The third-order valence-corrected chi connectivity index (χ3v) is 5.34. The highest BCUT2D eigenvalue weighted by molar-refractivity contribution is 7.89. The Morgan fingerprint density at radius 1 is 1.09 bits per heavy atom. The van der Waals surface area contributed by atoms with Gasteiger partial charge in [-0.2, -0.15) is 0 Å². The van der Waals surface area contributed by atoms with Crippen molar-refractivity contribution in [2.24, 2.45) is 0 Å². The van der Waals surface area contributed by atoms with Crippen LogP contribution >= 0.6 is 0 Å². The molecule has 0 radical (unpaired) electrons. The summed E-state index contributed by atoms with van der Waals surface area (Å²) < 4.78 is 33.3. The van der Waals surface area contributed by atoms with Crippen LogP contribution in [-0.2, 0) is 10.0 Å². The van der Waals surface area contributed by atoms with Gasteiger partial charge in [-0.15, -0.1) is 0 Å². The Morgan fingerprint density at radius 3 is 2.30 bits per heavy atom. The van der Waals surface area contributed by atoms with E-state index in [1.165, 1.54) is 0 Å². The summed E-state index contributed by atoms with van der Waals surface area (Å²) in [6.07, 6.45) is 0. The lowest BCUT2D eigenvalue weighted by molar-refractivity contribution is 0.340. The average molecular weight is 333 g/mol. The molecule has 0 aliphatic carbocycles. The first-order chi connectivity index (χ1) is 10.8. The number of sulfonamides is 1. The van der Waals surface area contributed by atoms with E-state index in [0.29, 0.717) is 11.5 Å². The second kappa shape index (κ2) is 7.15. The van der Waals surface area contributed by atoms with E-state index >= 15 is 0 Å². The molecule has 1 unspecified atom stereocenters. The number of hydrogen-bond donors (Lipinski definition) is 1. The molecule has 0 saturated carbocycles. The van der Waals surface area contributed by atoms with Crippen LogP contribution in [0.2, 0.25) is 0 Å². The van der Waals surface area contributed by atoms with Crippen LogP contribution in [0.1, 0.15) is 36.6 Å². The van der Waals surface area contributed by atoms with Gasteiger partial charge in [0.05, 0.1) is 11.5 Å². The maximum atomic E-state index is 12.6. The van der Waals surface area contributed by atoms with Gasteiger partial charge in [-0.3, -0.25) is 0 Å². The summed E-state index contributed by atoms with van der Waals surface area (Å²) in [6, 6.07) is 12.5. The summed E-state index contributed by atoms with van der Waals surface area (Å²) in [5.74, 6) is 0.778. The second-order valence-corrected chi connectivity index (χ2v) is 7.30. The maximum absolute atomic E-state index is 12.6. The third kappa shape index (κ3) is 4.33. The van der Waals surface area contributed by atoms with Gasteiger partial charge in [0.15, 0.2) is 0 Å². The minimum Gasteiger partial charge on any atom is -0.494 e.